The Labute approximate surface area is 124 Å². The zero-order chi connectivity index (χ0) is 15.1. The Morgan fingerprint density at radius 3 is 2.62 bits per heavy atom. The number of amides is 1. The maximum absolute atomic E-state index is 11.9. The van der Waals surface area contributed by atoms with E-state index in [0.29, 0.717) is 25.7 Å². The highest BCUT2D eigenvalue weighted by Crippen LogP contribution is 2.35. The van der Waals surface area contributed by atoms with Crippen LogP contribution in [0.25, 0.3) is 0 Å². The van der Waals surface area contributed by atoms with Crippen LogP contribution < -0.4 is 5.32 Å². The van der Waals surface area contributed by atoms with E-state index >= 15 is 0 Å². The Bertz CT molecular complexity index is 482. The summed E-state index contributed by atoms with van der Waals surface area (Å²) < 4.78 is 0. The monoisotopic (exact) mass is 290 g/mol. The number of hydrogen-bond donors (Lipinski definition) is 2. The molecule has 2 rings (SSSR count). The minimum Gasteiger partial charge on any atom is -0.481 e. The molecule has 21 heavy (non-hydrogen) atoms. The molecule has 5 heteroatoms. The van der Waals surface area contributed by atoms with Crippen LogP contribution in [0.4, 0.5) is 0 Å². The summed E-state index contributed by atoms with van der Waals surface area (Å²) in [5, 5.41) is 12.2. The van der Waals surface area contributed by atoms with Gasteiger partial charge in [-0.1, -0.05) is 25.3 Å². The van der Waals surface area contributed by atoms with Crippen LogP contribution in [0.2, 0.25) is 0 Å². The largest absolute Gasteiger partial charge is 0.481 e. The van der Waals surface area contributed by atoms with E-state index in [1.165, 1.54) is 0 Å². The third-order valence-corrected chi connectivity index (χ3v) is 4.22. The molecule has 0 spiro atoms. The molecule has 5 nitrogen and oxygen atoms in total. The molecule has 0 aliphatic heterocycles. The number of hydrogen-bond acceptors (Lipinski definition) is 3. The van der Waals surface area contributed by atoms with Gasteiger partial charge in [0.1, 0.15) is 0 Å². The van der Waals surface area contributed by atoms with Gasteiger partial charge in [0.05, 0.1) is 5.41 Å². The summed E-state index contributed by atoms with van der Waals surface area (Å²) in [5.41, 5.74) is 0.108. The molecule has 2 N–H and O–H groups in total. The van der Waals surface area contributed by atoms with E-state index in [1.807, 2.05) is 18.2 Å². The Morgan fingerprint density at radius 2 is 2.00 bits per heavy atom. The molecule has 1 aliphatic rings. The highest BCUT2D eigenvalue weighted by molar-refractivity contribution is 5.79. The molecule has 1 aromatic rings. The van der Waals surface area contributed by atoms with Gasteiger partial charge in [-0.05, 0) is 31.4 Å². The standard InChI is InChI=1S/C16H22N2O3/c19-14(8-7-13-6-2-5-11-17-13)18-12-16(15(20)21)9-3-1-4-10-16/h2,5-6,11H,1,3-4,7-10,12H2,(H,18,19)(H,20,21). The fourth-order valence-electron chi connectivity index (χ4n) is 2.84. The topological polar surface area (TPSA) is 79.3 Å². The van der Waals surface area contributed by atoms with Crippen LogP contribution >= 0.6 is 0 Å². The van der Waals surface area contributed by atoms with Gasteiger partial charge in [0.25, 0.3) is 0 Å². The van der Waals surface area contributed by atoms with E-state index in [-0.39, 0.29) is 12.5 Å². The molecule has 0 atom stereocenters. The quantitative estimate of drug-likeness (QED) is 0.841. The van der Waals surface area contributed by atoms with Gasteiger partial charge < -0.3 is 10.4 Å². The highest BCUT2D eigenvalue weighted by Gasteiger charge is 2.39. The summed E-state index contributed by atoms with van der Waals surface area (Å²) in [6.45, 7) is 0.239. The van der Waals surface area contributed by atoms with Crippen molar-refractivity contribution in [1.29, 1.82) is 0 Å². The average molecular weight is 290 g/mol. The van der Waals surface area contributed by atoms with Crippen LogP contribution in [-0.2, 0) is 16.0 Å². The van der Waals surface area contributed by atoms with E-state index in [2.05, 4.69) is 10.3 Å². The van der Waals surface area contributed by atoms with Gasteiger partial charge in [-0.25, -0.2) is 0 Å². The highest BCUT2D eigenvalue weighted by atomic mass is 16.4. The molecule has 1 amide bonds. The second-order valence-corrected chi connectivity index (χ2v) is 5.74. The van der Waals surface area contributed by atoms with Gasteiger partial charge >= 0.3 is 5.97 Å². The maximum atomic E-state index is 11.9. The Kier molecular flexibility index (Phi) is 5.31. The minimum atomic E-state index is -0.785. The number of aliphatic carboxylic acids is 1. The van der Waals surface area contributed by atoms with Crippen LogP contribution in [-0.4, -0.2) is 28.5 Å². The SMILES string of the molecule is O=C(CCc1ccccn1)NCC1(C(=O)O)CCCCC1. The zero-order valence-electron chi connectivity index (χ0n) is 12.2. The van der Waals surface area contributed by atoms with Crippen molar-refractivity contribution in [3.8, 4) is 0 Å². The van der Waals surface area contributed by atoms with Crippen molar-refractivity contribution < 1.29 is 14.7 Å². The molecular formula is C16H22N2O3. The molecule has 114 valence electrons. The Morgan fingerprint density at radius 1 is 1.24 bits per heavy atom. The molecule has 0 saturated heterocycles. The maximum Gasteiger partial charge on any atom is 0.311 e. The van der Waals surface area contributed by atoms with Crippen molar-refractivity contribution in [2.24, 2.45) is 5.41 Å². The van der Waals surface area contributed by atoms with E-state index in [9.17, 15) is 14.7 Å². The van der Waals surface area contributed by atoms with Gasteiger partial charge in [0.15, 0.2) is 0 Å². The second-order valence-electron chi connectivity index (χ2n) is 5.74. The Balaban J connectivity index is 1.80. The number of aromatic nitrogens is 1. The lowest BCUT2D eigenvalue weighted by Gasteiger charge is -2.33. The smallest absolute Gasteiger partial charge is 0.311 e. The third kappa shape index (κ3) is 4.28. The number of nitrogens with one attached hydrogen (secondary N) is 1. The van der Waals surface area contributed by atoms with Crippen molar-refractivity contribution in [1.82, 2.24) is 10.3 Å². The van der Waals surface area contributed by atoms with Gasteiger partial charge in [-0.2, -0.15) is 0 Å². The number of nitrogens with zero attached hydrogens (tertiary/aromatic N) is 1. The predicted octanol–water partition coefficient (Wildman–Crippen LogP) is 2.17. The first-order valence-corrected chi connectivity index (χ1v) is 7.52. The van der Waals surface area contributed by atoms with E-state index in [1.54, 1.807) is 6.20 Å². The van der Waals surface area contributed by atoms with Gasteiger partial charge in [-0.3, -0.25) is 14.6 Å². The van der Waals surface area contributed by atoms with Crippen LogP contribution in [0.15, 0.2) is 24.4 Å². The molecule has 1 saturated carbocycles. The number of carboxylic acids is 1. The summed E-state index contributed by atoms with van der Waals surface area (Å²) in [7, 11) is 0. The van der Waals surface area contributed by atoms with Crippen LogP contribution in [0.5, 0.6) is 0 Å². The van der Waals surface area contributed by atoms with Gasteiger partial charge in [0, 0.05) is 24.9 Å². The summed E-state index contributed by atoms with van der Waals surface area (Å²) in [6, 6.07) is 5.61. The number of carbonyl (C=O) groups excluding carboxylic acids is 1. The molecule has 1 heterocycles. The van der Waals surface area contributed by atoms with Crippen molar-refractivity contribution in [3.63, 3.8) is 0 Å². The van der Waals surface area contributed by atoms with Gasteiger partial charge in [0.2, 0.25) is 5.91 Å². The molecule has 0 radical (unpaired) electrons. The van der Waals surface area contributed by atoms with Crippen molar-refractivity contribution in [2.75, 3.05) is 6.54 Å². The lowest BCUT2D eigenvalue weighted by atomic mass is 9.74. The third-order valence-electron chi connectivity index (χ3n) is 4.22. The number of aryl methyl sites for hydroxylation is 1. The fourth-order valence-corrected chi connectivity index (χ4v) is 2.84. The lowest BCUT2D eigenvalue weighted by Crippen LogP contribution is -2.44. The minimum absolute atomic E-state index is 0.105. The first-order chi connectivity index (χ1) is 10.1. The molecule has 1 aromatic heterocycles. The van der Waals surface area contributed by atoms with Crippen molar-refractivity contribution in [3.05, 3.63) is 30.1 Å². The van der Waals surface area contributed by atoms with Crippen LogP contribution in [0, 0.1) is 5.41 Å². The second kappa shape index (κ2) is 7.20. The molecule has 0 bridgehead atoms. The summed E-state index contributed by atoms with van der Waals surface area (Å²) >= 11 is 0. The van der Waals surface area contributed by atoms with E-state index in [0.717, 1.165) is 25.0 Å². The molecule has 1 fully saturated rings. The number of rotatable bonds is 6. The van der Waals surface area contributed by atoms with Crippen molar-refractivity contribution >= 4 is 11.9 Å². The summed E-state index contributed by atoms with van der Waals surface area (Å²) in [5.74, 6) is -0.890. The molecule has 0 unspecified atom stereocenters. The molecular weight excluding hydrogens is 268 g/mol. The van der Waals surface area contributed by atoms with E-state index < -0.39 is 11.4 Å². The number of pyridine rings is 1. The summed E-state index contributed by atoms with van der Waals surface area (Å²) in [6.07, 6.45) is 6.87. The number of carboxylic acid groups (broad SMARTS) is 1. The lowest BCUT2D eigenvalue weighted by molar-refractivity contribution is -0.151. The first-order valence-electron chi connectivity index (χ1n) is 7.52. The van der Waals surface area contributed by atoms with E-state index in [4.69, 9.17) is 0 Å². The first kappa shape index (κ1) is 15.5. The van der Waals surface area contributed by atoms with Crippen molar-refractivity contribution in [2.45, 2.75) is 44.9 Å². The molecule has 0 aromatic carbocycles. The predicted molar refractivity (Wildman–Crippen MR) is 78.7 cm³/mol. The zero-order valence-corrected chi connectivity index (χ0v) is 12.2. The molecule has 1 aliphatic carbocycles. The normalized spacial score (nSPS) is 17.1. The van der Waals surface area contributed by atoms with Crippen LogP contribution in [0.3, 0.4) is 0 Å². The summed E-state index contributed by atoms with van der Waals surface area (Å²) in [4.78, 5) is 27.6. The number of carbonyl (C=O) groups is 2. The average Bonchev–Trinajstić information content (AvgIpc) is 2.52. The Hall–Kier alpha value is -1.91. The van der Waals surface area contributed by atoms with Gasteiger partial charge in [-0.15, -0.1) is 0 Å². The van der Waals surface area contributed by atoms with Crippen LogP contribution in [0.1, 0.15) is 44.2 Å². The fraction of sp³-hybridized carbons (Fsp3) is 0.562.